The van der Waals surface area contributed by atoms with Gasteiger partial charge in [0.05, 0.1) is 10.6 Å². The number of sulfonamides is 1. The summed E-state index contributed by atoms with van der Waals surface area (Å²) < 4.78 is 28.5. The smallest absolute Gasteiger partial charge is 0.262 e. The van der Waals surface area contributed by atoms with E-state index in [2.05, 4.69) is 10.0 Å². The number of aryl methyl sites for hydroxylation is 4. The SMILES string of the molecule is Cc1ccc(NC(=O)c2ccc(C)c(S(=O)(=O)Nc3ccccc3C)c2)c(C)c1. The van der Waals surface area contributed by atoms with Crippen LogP contribution in [0.1, 0.15) is 32.6 Å². The fourth-order valence-corrected chi connectivity index (χ4v) is 4.47. The van der Waals surface area contributed by atoms with E-state index in [1.165, 1.54) is 6.07 Å². The zero-order valence-corrected chi connectivity index (χ0v) is 17.7. The molecule has 0 saturated carbocycles. The summed E-state index contributed by atoms with van der Waals surface area (Å²) in [5.74, 6) is -0.357. The highest BCUT2D eigenvalue weighted by atomic mass is 32.2. The molecule has 0 aliphatic carbocycles. The summed E-state index contributed by atoms with van der Waals surface area (Å²) in [5, 5.41) is 2.86. The van der Waals surface area contributed by atoms with E-state index in [9.17, 15) is 13.2 Å². The van der Waals surface area contributed by atoms with Crippen LogP contribution >= 0.6 is 0 Å². The molecule has 0 saturated heterocycles. The molecule has 0 fully saturated rings. The van der Waals surface area contributed by atoms with Crippen molar-refractivity contribution in [1.82, 2.24) is 0 Å². The van der Waals surface area contributed by atoms with Gasteiger partial charge in [0.25, 0.3) is 15.9 Å². The van der Waals surface area contributed by atoms with Gasteiger partial charge >= 0.3 is 0 Å². The summed E-state index contributed by atoms with van der Waals surface area (Å²) in [4.78, 5) is 12.8. The Balaban J connectivity index is 1.91. The molecular formula is C23H24N2O3S. The minimum absolute atomic E-state index is 0.0778. The summed E-state index contributed by atoms with van der Waals surface area (Å²) in [7, 11) is -3.84. The van der Waals surface area contributed by atoms with E-state index in [4.69, 9.17) is 0 Å². The van der Waals surface area contributed by atoms with Gasteiger partial charge in [-0.1, -0.05) is 42.0 Å². The second kappa shape index (κ2) is 8.09. The first-order valence-corrected chi connectivity index (χ1v) is 10.7. The molecule has 1 amide bonds. The Morgan fingerprint density at radius 3 is 2.17 bits per heavy atom. The van der Waals surface area contributed by atoms with Gasteiger partial charge in [-0.25, -0.2) is 8.42 Å². The van der Waals surface area contributed by atoms with E-state index in [1.807, 2.05) is 51.1 Å². The molecule has 2 N–H and O–H groups in total. The van der Waals surface area contributed by atoms with Gasteiger partial charge in [-0.05, 0) is 68.7 Å². The van der Waals surface area contributed by atoms with E-state index in [-0.39, 0.29) is 16.4 Å². The zero-order valence-electron chi connectivity index (χ0n) is 16.9. The Hall–Kier alpha value is -3.12. The number of anilines is 2. The van der Waals surface area contributed by atoms with Gasteiger partial charge in [-0.15, -0.1) is 0 Å². The maximum absolute atomic E-state index is 13.0. The van der Waals surface area contributed by atoms with Gasteiger partial charge in [-0.2, -0.15) is 0 Å². The normalized spacial score (nSPS) is 11.2. The highest BCUT2D eigenvalue weighted by Gasteiger charge is 2.20. The molecule has 3 aromatic rings. The largest absolute Gasteiger partial charge is 0.322 e. The number of carbonyl (C=O) groups excluding carboxylic acids is 1. The lowest BCUT2D eigenvalue weighted by molar-refractivity contribution is 0.102. The molecule has 29 heavy (non-hydrogen) atoms. The highest BCUT2D eigenvalue weighted by molar-refractivity contribution is 7.92. The molecule has 0 unspecified atom stereocenters. The Bertz CT molecular complexity index is 1180. The van der Waals surface area contributed by atoms with Crippen LogP contribution in [-0.2, 0) is 10.0 Å². The molecule has 0 bridgehead atoms. The molecule has 6 heteroatoms. The summed E-state index contributed by atoms with van der Waals surface area (Å²) in [6.07, 6.45) is 0. The molecule has 0 radical (unpaired) electrons. The molecule has 0 aliphatic rings. The Morgan fingerprint density at radius 1 is 0.759 bits per heavy atom. The Labute approximate surface area is 171 Å². The molecular weight excluding hydrogens is 384 g/mol. The topological polar surface area (TPSA) is 75.3 Å². The van der Waals surface area contributed by atoms with Crippen LogP contribution in [0.15, 0.2) is 65.6 Å². The van der Waals surface area contributed by atoms with Gasteiger partial charge in [-0.3, -0.25) is 9.52 Å². The Kier molecular flexibility index (Phi) is 5.75. The first-order chi connectivity index (χ1) is 13.7. The van der Waals surface area contributed by atoms with Crippen molar-refractivity contribution in [2.45, 2.75) is 32.6 Å². The standard InChI is InChI=1S/C23H24N2O3S/c1-15-9-12-20(18(4)13-15)24-23(26)19-11-10-17(3)22(14-19)29(27,28)25-21-8-6-5-7-16(21)2/h5-14,25H,1-4H3,(H,24,26). The fourth-order valence-electron chi connectivity index (χ4n) is 3.07. The monoisotopic (exact) mass is 408 g/mol. The quantitative estimate of drug-likeness (QED) is 0.626. The lowest BCUT2D eigenvalue weighted by Crippen LogP contribution is -2.17. The number of hydrogen-bond donors (Lipinski definition) is 2. The molecule has 5 nitrogen and oxygen atoms in total. The number of para-hydroxylation sites is 1. The molecule has 150 valence electrons. The summed E-state index contributed by atoms with van der Waals surface area (Å²) in [5.41, 5.74) is 4.92. The Morgan fingerprint density at radius 2 is 1.48 bits per heavy atom. The molecule has 0 aliphatic heterocycles. The maximum Gasteiger partial charge on any atom is 0.262 e. The molecule has 0 atom stereocenters. The van der Waals surface area contributed by atoms with Gasteiger partial charge in [0.15, 0.2) is 0 Å². The first-order valence-electron chi connectivity index (χ1n) is 9.25. The second-order valence-electron chi connectivity index (χ2n) is 7.17. The van der Waals surface area contributed by atoms with Crippen LogP contribution in [0.2, 0.25) is 0 Å². The van der Waals surface area contributed by atoms with Crippen LogP contribution in [0.3, 0.4) is 0 Å². The number of amides is 1. The lowest BCUT2D eigenvalue weighted by atomic mass is 10.1. The van der Waals surface area contributed by atoms with E-state index in [0.29, 0.717) is 16.9 Å². The number of carbonyl (C=O) groups is 1. The van der Waals surface area contributed by atoms with Crippen LogP contribution in [0.4, 0.5) is 11.4 Å². The van der Waals surface area contributed by atoms with Crippen LogP contribution in [-0.4, -0.2) is 14.3 Å². The van der Waals surface area contributed by atoms with Crippen molar-refractivity contribution in [3.63, 3.8) is 0 Å². The van der Waals surface area contributed by atoms with Gasteiger partial charge in [0.2, 0.25) is 0 Å². The minimum atomic E-state index is -3.84. The third-order valence-electron chi connectivity index (χ3n) is 4.76. The highest BCUT2D eigenvalue weighted by Crippen LogP contribution is 2.24. The number of hydrogen-bond acceptors (Lipinski definition) is 3. The van der Waals surface area contributed by atoms with Crippen LogP contribution in [0.25, 0.3) is 0 Å². The lowest BCUT2D eigenvalue weighted by Gasteiger charge is -2.14. The molecule has 0 heterocycles. The summed E-state index contributed by atoms with van der Waals surface area (Å²) in [6, 6.07) is 17.6. The fraction of sp³-hybridized carbons (Fsp3) is 0.174. The van der Waals surface area contributed by atoms with E-state index in [1.54, 1.807) is 31.2 Å². The van der Waals surface area contributed by atoms with Crippen molar-refractivity contribution in [1.29, 1.82) is 0 Å². The van der Waals surface area contributed by atoms with Crippen molar-refractivity contribution < 1.29 is 13.2 Å². The van der Waals surface area contributed by atoms with Crippen LogP contribution < -0.4 is 10.0 Å². The number of nitrogens with one attached hydrogen (secondary N) is 2. The summed E-state index contributed by atoms with van der Waals surface area (Å²) in [6.45, 7) is 7.44. The van der Waals surface area contributed by atoms with Gasteiger partial charge in [0, 0.05) is 11.3 Å². The number of benzene rings is 3. The third-order valence-corrected chi connectivity index (χ3v) is 6.27. The van der Waals surface area contributed by atoms with Crippen molar-refractivity contribution in [2.75, 3.05) is 10.0 Å². The minimum Gasteiger partial charge on any atom is -0.322 e. The van der Waals surface area contributed by atoms with E-state index >= 15 is 0 Å². The predicted octanol–water partition coefficient (Wildman–Crippen LogP) is 4.97. The maximum atomic E-state index is 13.0. The van der Waals surface area contributed by atoms with Crippen molar-refractivity contribution >= 4 is 27.3 Å². The zero-order chi connectivity index (χ0) is 21.2. The molecule has 0 spiro atoms. The van der Waals surface area contributed by atoms with Crippen LogP contribution in [0, 0.1) is 27.7 Å². The first kappa shape index (κ1) is 20.6. The molecule has 0 aromatic heterocycles. The number of rotatable bonds is 5. The van der Waals surface area contributed by atoms with Crippen molar-refractivity contribution in [3.8, 4) is 0 Å². The van der Waals surface area contributed by atoms with Crippen molar-refractivity contribution in [2.24, 2.45) is 0 Å². The summed E-state index contributed by atoms with van der Waals surface area (Å²) >= 11 is 0. The molecule has 3 aromatic carbocycles. The van der Waals surface area contributed by atoms with E-state index < -0.39 is 10.0 Å². The average Bonchev–Trinajstić information content (AvgIpc) is 2.66. The van der Waals surface area contributed by atoms with Gasteiger partial charge in [0.1, 0.15) is 0 Å². The molecule has 3 rings (SSSR count). The average molecular weight is 409 g/mol. The third kappa shape index (κ3) is 4.66. The predicted molar refractivity (Wildman–Crippen MR) is 117 cm³/mol. The van der Waals surface area contributed by atoms with Crippen LogP contribution in [0.5, 0.6) is 0 Å². The van der Waals surface area contributed by atoms with Crippen molar-refractivity contribution in [3.05, 3.63) is 88.5 Å². The second-order valence-corrected chi connectivity index (χ2v) is 8.82. The van der Waals surface area contributed by atoms with E-state index in [0.717, 1.165) is 16.7 Å². The van der Waals surface area contributed by atoms with Gasteiger partial charge < -0.3 is 5.32 Å².